The number of amides is 1. The van der Waals surface area contributed by atoms with Crippen LogP contribution in [0.3, 0.4) is 0 Å². The van der Waals surface area contributed by atoms with Crippen molar-refractivity contribution in [3.05, 3.63) is 57.1 Å². The molecule has 132 valence electrons. The van der Waals surface area contributed by atoms with Crippen molar-refractivity contribution >= 4 is 34.9 Å². The Labute approximate surface area is 153 Å². The Balaban J connectivity index is 1.78. The molecule has 25 heavy (non-hydrogen) atoms. The van der Waals surface area contributed by atoms with Crippen molar-refractivity contribution in [3.63, 3.8) is 0 Å². The van der Waals surface area contributed by atoms with Crippen LogP contribution in [0.2, 0.25) is 10.0 Å². The summed E-state index contributed by atoms with van der Waals surface area (Å²) in [6.07, 6.45) is 3.06. The minimum absolute atomic E-state index is 0.0335. The van der Waals surface area contributed by atoms with Gasteiger partial charge in [-0.1, -0.05) is 23.2 Å². The lowest BCUT2D eigenvalue weighted by atomic mass is 10.0. The number of piperidine rings is 1. The Kier molecular flexibility index (Phi) is 5.42. The third kappa shape index (κ3) is 3.86. The molecule has 0 spiro atoms. The topological polar surface area (TPSA) is 74.0 Å². The van der Waals surface area contributed by atoms with Crippen LogP contribution in [0.1, 0.15) is 39.3 Å². The minimum Gasteiger partial charge on any atom is -0.356 e. The van der Waals surface area contributed by atoms with Gasteiger partial charge in [-0.05, 0) is 44.1 Å². The summed E-state index contributed by atoms with van der Waals surface area (Å²) in [4.78, 5) is 27.6. The summed E-state index contributed by atoms with van der Waals surface area (Å²) in [5.41, 5.74) is 0.0671. The summed E-state index contributed by atoms with van der Waals surface area (Å²) in [6, 6.07) is 4.12. The van der Waals surface area contributed by atoms with Gasteiger partial charge in [0, 0.05) is 17.8 Å². The first-order chi connectivity index (χ1) is 12.0. The van der Waals surface area contributed by atoms with Crippen molar-refractivity contribution in [2.24, 2.45) is 0 Å². The van der Waals surface area contributed by atoms with Gasteiger partial charge in [-0.15, -0.1) is 0 Å². The van der Waals surface area contributed by atoms with Gasteiger partial charge in [-0.2, -0.15) is 0 Å². The number of hydrogen-bond donors (Lipinski definition) is 3. The molecule has 0 unspecified atom stereocenters. The number of halogens is 3. The second kappa shape index (κ2) is 7.56. The number of carbonyl (C=O) groups excluding carboxylic acids is 2. The molecule has 1 amide bonds. The molecule has 0 bridgehead atoms. The molecule has 2 heterocycles. The fourth-order valence-corrected chi connectivity index (χ4v) is 3.15. The standard InChI is InChI=1S/C17H16Cl2FN3O2/c18-11-1-2-12(19)15(20)14(11)16(24)9-7-13(22-8-9)17(25)23-10-3-5-21-6-4-10/h1-2,7-8,10,21-22H,3-6H2,(H,23,25). The Morgan fingerprint density at radius 1 is 1.16 bits per heavy atom. The highest BCUT2D eigenvalue weighted by Crippen LogP contribution is 2.28. The first-order valence-corrected chi connectivity index (χ1v) is 8.61. The summed E-state index contributed by atoms with van der Waals surface area (Å²) in [5.74, 6) is -1.81. The Morgan fingerprint density at radius 3 is 2.56 bits per heavy atom. The van der Waals surface area contributed by atoms with E-state index in [9.17, 15) is 14.0 Å². The third-order valence-corrected chi connectivity index (χ3v) is 4.74. The lowest BCUT2D eigenvalue weighted by molar-refractivity contribution is 0.0925. The van der Waals surface area contributed by atoms with Crippen molar-refractivity contribution in [1.29, 1.82) is 0 Å². The number of hydrogen-bond acceptors (Lipinski definition) is 3. The van der Waals surface area contributed by atoms with Gasteiger partial charge in [-0.25, -0.2) is 4.39 Å². The molecule has 1 saturated heterocycles. The zero-order chi connectivity index (χ0) is 18.0. The monoisotopic (exact) mass is 383 g/mol. The van der Waals surface area contributed by atoms with Crippen LogP contribution in [0, 0.1) is 5.82 Å². The normalized spacial score (nSPS) is 15.2. The van der Waals surface area contributed by atoms with E-state index in [1.54, 1.807) is 0 Å². The first-order valence-electron chi connectivity index (χ1n) is 7.85. The van der Waals surface area contributed by atoms with Crippen LogP contribution in [-0.4, -0.2) is 35.8 Å². The second-order valence-electron chi connectivity index (χ2n) is 5.85. The molecule has 1 aliphatic heterocycles. The van der Waals surface area contributed by atoms with Crippen molar-refractivity contribution in [2.75, 3.05) is 13.1 Å². The number of rotatable bonds is 4. The van der Waals surface area contributed by atoms with E-state index >= 15 is 0 Å². The van der Waals surface area contributed by atoms with Gasteiger partial charge in [0.2, 0.25) is 0 Å². The van der Waals surface area contributed by atoms with Gasteiger partial charge in [-0.3, -0.25) is 9.59 Å². The molecule has 1 aromatic carbocycles. The zero-order valence-electron chi connectivity index (χ0n) is 13.2. The van der Waals surface area contributed by atoms with Crippen LogP contribution >= 0.6 is 23.2 Å². The second-order valence-corrected chi connectivity index (χ2v) is 6.66. The Bertz CT molecular complexity index is 816. The van der Waals surface area contributed by atoms with Crippen LogP contribution in [0.4, 0.5) is 4.39 Å². The Morgan fingerprint density at radius 2 is 1.84 bits per heavy atom. The SMILES string of the molecule is O=C(NC1CCNCC1)c1cc(C(=O)c2c(Cl)ccc(Cl)c2F)c[nH]1. The maximum atomic E-state index is 14.1. The molecule has 8 heteroatoms. The first kappa shape index (κ1) is 17.9. The Hall–Kier alpha value is -1.89. The number of carbonyl (C=O) groups is 2. The van der Waals surface area contributed by atoms with E-state index in [4.69, 9.17) is 23.2 Å². The van der Waals surface area contributed by atoms with E-state index in [0.717, 1.165) is 25.9 Å². The van der Waals surface area contributed by atoms with Gasteiger partial charge >= 0.3 is 0 Å². The molecule has 5 nitrogen and oxygen atoms in total. The van der Waals surface area contributed by atoms with Gasteiger partial charge in [0.05, 0.1) is 15.6 Å². The van der Waals surface area contributed by atoms with E-state index in [1.165, 1.54) is 24.4 Å². The lowest BCUT2D eigenvalue weighted by Crippen LogP contribution is -2.42. The van der Waals surface area contributed by atoms with Crippen molar-refractivity contribution in [2.45, 2.75) is 18.9 Å². The molecular formula is C17H16Cl2FN3O2. The van der Waals surface area contributed by atoms with Gasteiger partial charge in [0.1, 0.15) is 5.69 Å². The number of aromatic nitrogens is 1. The van der Waals surface area contributed by atoms with E-state index in [0.29, 0.717) is 0 Å². The third-order valence-electron chi connectivity index (χ3n) is 4.14. The van der Waals surface area contributed by atoms with Crippen LogP contribution < -0.4 is 10.6 Å². The predicted molar refractivity (Wildman–Crippen MR) is 94.0 cm³/mol. The molecule has 1 fully saturated rings. The van der Waals surface area contributed by atoms with Crippen molar-refractivity contribution in [3.8, 4) is 0 Å². The van der Waals surface area contributed by atoms with E-state index in [-0.39, 0.29) is 38.8 Å². The molecule has 0 radical (unpaired) electrons. The maximum Gasteiger partial charge on any atom is 0.267 e. The highest BCUT2D eigenvalue weighted by molar-refractivity contribution is 6.37. The summed E-state index contributed by atoms with van der Waals surface area (Å²) in [7, 11) is 0. The molecule has 1 aliphatic rings. The molecule has 0 atom stereocenters. The molecule has 0 saturated carbocycles. The van der Waals surface area contributed by atoms with Crippen LogP contribution in [0.5, 0.6) is 0 Å². The molecular weight excluding hydrogens is 368 g/mol. The van der Waals surface area contributed by atoms with E-state index in [2.05, 4.69) is 15.6 Å². The van der Waals surface area contributed by atoms with Crippen LogP contribution in [-0.2, 0) is 0 Å². The van der Waals surface area contributed by atoms with Crippen LogP contribution in [0.25, 0.3) is 0 Å². The summed E-state index contributed by atoms with van der Waals surface area (Å²) >= 11 is 11.6. The molecule has 0 aliphatic carbocycles. The van der Waals surface area contributed by atoms with Crippen LogP contribution in [0.15, 0.2) is 24.4 Å². The quantitative estimate of drug-likeness (QED) is 0.560. The van der Waals surface area contributed by atoms with Gasteiger partial charge in [0.15, 0.2) is 11.6 Å². The molecule has 3 N–H and O–H groups in total. The summed E-state index contributed by atoms with van der Waals surface area (Å²) in [6.45, 7) is 1.71. The number of nitrogens with one attached hydrogen (secondary N) is 3. The average molecular weight is 384 g/mol. The van der Waals surface area contributed by atoms with E-state index in [1.807, 2.05) is 0 Å². The highest BCUT2D eigenvalue weighted by Gasteiger charge is 2.23. The molecule has 1 aromatic heterocycles. The number of ketones is 1. The lowest BCUT2D eigenvalue weighted by Gasteiger charge is -2.23. The average Bonchev–Trinajstić information content (AvgIpc) is 3.09. The molecule has 2 aromatic rings. The van der Waals surface area contributed by atoms with Crippen molar-refractivity contribution < 1.29 is 14.0 Å². The number of aromatic amines is 1. The maximum absolute atomic E-state index is 14.1. The number of benzene rings is 1. The highest BCUT2D eigenvalue weighted by atomic mass is 35.5. The predicted octanol–water partition coefficient (Wildman–Crippen LogP) is 3.17. The fourth-order valence-electron chi connectivity index (χ4n) is 2.77. The zero-order valence-corrected chi connectivity index (χ0v) is 14.7. The summed E-state index contributed by atoms with van der Waals surface area (Å²) < 4.78 is 14.1. The summed E-state index contributed by atoms with van der Waals surface area (Å²) in [5, 5.41) is 5.91. The largest absolute Gasteiger partial charge is 0.356 e. The number of H-pyrrole nitrogens is 1. The van der Waals surface area contributed by atoms with Crippen molar-refractivity contribution in [1.82, 2.24) is 15.6 Å². The fraction of sp³-hybridized carbons (Fsp3) is 0.294. The van der Waals surface area contributed by atoms with Gasteiger partial charge < -0.3 is 15.6 Å². The molecule has 3 rings (SSSR count). The van der Waals surface area contributed by atoms with E-state index < -0.39 is 11.6 Å². The minimum atomic E-state index is -0.874. The smallest absolute Gasteiger partial charge is 0.267 e. The van der Waals surface area contributed by atoms with Gasteiger partial charge in [0.25, 0.3) is 5.91 Å².